The van der Waals surface area contributed by atoms with E-state index in [1.54, 1.807) is 20.8 Å². The van der Waals surface area contributed by atoms with Crippen LogP contribution in [0.25, 0.3) is 0 Å². The van der Waals surface area contributed by atoms with Gasteiger partial charge in [-0.2, -0.15) is 0 Å². The van der Waals surface area contributed by atoms with Gasteiger partial charge in [0, 0.05) is 6.54 Å². The van der Waals surface area contributed by atoms with Crippen LogP contribution in [0.1, 0.15) is 33.6 Å². The van der Waals surface area contributed by atoms with Crippen LogP contribution < -0.4 is 5.73 Å². The van der Waals surface area contributed by atoms with Gasteiger partial charge in [-0.1, -0.05) is 0 Å². The molecule has 1 saturated heterocycles. The molecule has 0 saturated carbocycles. The molecule has 1 fully saturated rings. The molecule has 9 heteroatoms. The molecule has 0 aromatic rings. The maximum atomic E-state index is 12.4. The topological polar surface area (TPSA) is 119 Å². The summed E-state index contributed by atoms with van der Waals surface area (Å²) in [6.07, 6.45) is 0.337. The fraction of sp³-hybridized carbons (Fsp3) is 0.733. The normalized spacial score (nSPS) is 17.3. The first-order valence-corrected chi connectivity index (χ1v) is 7.68. The molecule has 0 aromatic carbocycles. The summed E-state index contributed by atoms with van der Waals surface area (Å²) in [5.41, 5.74) is 4.51. The molecule has 1 rings (SSSR count). The van der Waals surface area contributed by atoms with Crippen molar-refractivity contribution in [1.29, 1.82) is 0 Å². The van der Waals surface area contributed by atoms with Gasteiger partial charge in [0.05, 0.1) is 7.11 Å². The Morgan fingerprint density at radius 3 is 2.33 bits per heavy atom. The van der Waals surface area contributed by atoms with E-state index in [0.29, 0.717) is 19.4 Å². The molecule has 1 aliphatic rings. The standard InChI is InChI=1S/C15H25N3O6/c1-15(2,3)24-14(22)17(9-12(20)23-4)8-11(19)18-7-5-6-10(18)13(16)21/h10H,5-9H2,1-4H3,(H2,16,21). The average molecular weight is 343 g/mol. The Kier molecular flexibility index (Phi) is 6.56. The highest BCUT2D eigenvalue weighted by molar-refractivity contribution is 5.90. The molecule has 136 valence electrons. The van der Waals surface area contributed by atoms with Crippen LogP contribution in [-0.4, -0.2) is 72.1 Å². The summed E-state index contributed by atoms with van der Waals surface area (Å²) in [6.45, 7) is 4.58. The van der Waals surface area contributed by atoms with Crippen molar-refractivity contribution in [3.63, 3.8) is 0 Å². The summed E-state index contributed by atoms with van der Waals surface area (Å²) in [5.74, 6) is -1.73. The molecular weight excluding hydrogens is 318 g/mol. The maximum Gasteiger partial charge on any atom is 0.411 e. The number of nitrogens with two attached hydrogens (primary N) is 1. The second kappa shape index (κ2) is 7.98. The summed E-state index contributed by atoms with van der Waals surface area (Å²) < 4.78 is 9.74. The van der Waals surface area contributed by atoms with Crippen LogP contribution >= 0.6 is 0 Å². The van der Waals surface area contributed by atoms with E-state index in [-0.39, 0.29) is 0 Å². The van der Waals surface area contributed by atoms with Gasteiger partial charge in [-0.05, 0) is 33.6 Å². The Hall–Kier alpha value is -2.32. The number of amides is 3. The van der Waals surface area contributed by atoms with E-state index in [1.165, 1.54) is 12.0 Å². The Labute approximate surface area is 141 Å². The number of methoxy groups -OCH3 is 1. The molecule has 1 aliphatic heterocycles. The quantitative estimate of drug-likeness (QED) is 0.695. The molecular formula is C15H25N3O6. The molecule has 1 atom stereocenters. The molecule has 3 amide bonds. The zero-order valence-electron chi connectivity index (χ0n) is 14.5. The SMILES string of the molecule is COC(=O)CN(CC(=O)N1CCCC1C(N)=O)C(=O)OC(C)(C)C. The lowest BCUT2D eigenvalue weighted by atomic mass is 10.2. The predicted octanol–water partition coefficient (Wildman–Crippen LogP) is -0.127. The number of primary amides is 1. The van der Waals surface area contributed by atoms with Gasteiger partial charge in [-0.3, -0.25) is 19.3 Å². The van der Waals surface area contributed by atoms with Crippen LogP contribution in [0.4, 0.5) is 4.79 Å². The molecule has 24 heavy (non-hydrogen) atoms. The van der Waals surface area contributed by atoms with Crippen molar-refractivity contribution >= 4 is 23.9 Å². The second-order valence-corrected chi connectivity index (χ2v) is 6.56. The fourth-order valence-electron chi connectivity index (χ4n) is 2.35. The molecule has 0 spiro atoms. The average Bonchev–Trinajstić information content (AvgIpc) is 2.94. The van der Waals surface area contributed by atoms with Crippen molar-refractivity contribution < 1.29 is 28.7 Å². The highest BCUT2D eigenvalue weighted by atomic mass is 16.6. The van der Waals surface area contributed by atoms with Crippen LogP contribution in [0.3, 0.4) is 0 Å². The van der Waals surface area contributed by atoms with Gasteiger partial charge >= 0.3 is 12.1 Å². The number of carbonyl (C=O) groups is 4. The third kappa shape index (κ3) is 5.71. The van der Waals surface area contributed by atoms with Gasteiger partial charge in [0.15, 0.2) is 0 Å². The third-order valence-corrected chi connectivity index (χ3v) is 3.43. The molecule has 0 bridgehead atoms. The van der Waals surface area contributed by atoms with E-state index in [1.807, 2.05) is 0 Å². The highest BCUT2D eigenvalue weighted by Gasteiger charge is 2.35. The van der Waals surface area contributed by atoms with Gasteiger partial charge in [-0.25, -0.2) is 4.79 Å². The number of hydrogen-bond acceptors (Lipinski definition) is 6. The van der Waals surface area contributed by atoms with Crippen LogP contribution in [0.2, 0.25) is 0 Å². The van der Waals surface area contributed by atoms with Crippen molar-refractivity contribution in [2.75, 3.05) is 26.7 Å². The third-order valence-electron chi connectivity index (χ3n) is 3.43. The summed E-state index contributed by atoms with van der Waals surface area (Å²) in [5, 5.41) is 0. The Morgan fingerprint density at radius 1 is 1.21 bits per heavy atom. The van der Waals surface area contributed by atoms with Gasteiger partial charge in [0.2, 0.25) is 11.8 Å². The number of ether oxygens (including phenoxy) is 2. The minimum atomic E-state index is -0.809. The van der Waals surface area contributed by atoms with Gasteiger partial charge in [0.1, 0.15) is 24.7 Å². The smallest absolute Gasteiger partial charge is 0.411 e. The van der Waals surface area contributed by atoms with Crippen LogP contribution in [-0.2, 0) is 23.9 Å². The highest BCUT2D eigenvalue weighted by Crippen LogP contribution is 2.18. The number of carbonyl (C=O) groups excluding carboxylic acids is 4. The fourth-order valence-corrected chi connectivity index (χ4v) is 2.35. The van der Waals surface area contributed by atoms with Gasteiger partial charge in [0.25, 0.3) is 0 Å². The lowest BCUT2D eigenvalue weighted by molar-refractivity contribution is -0.143. The first-order chi connectivity index (χ1) is 11.0. The Morgan fingerprint density at radius 2 is 1.83 bits per heavy atom. The summed E-state index contributed by atoms with van der Waals surface area (Å²) >= 11 is 0. The Bertz CT molecular complexity index is 514. The van der Waals surface area contributed by atoms with Crippen LogP contribution in [0.5, 0.6) is 0 Å². The summed E-state index contributed by atoms with van der Waals surface area (Å²) in [4.78, 5) is 49.8. The molecule has 1 unspecified atom stereocenters. The van der Waals surface area contributed by atoms with Crippen molar-refractivity contribution in [2.24, 2.45) is 5.73 Å². The Balaban J connectivity index is 2.83. The van der Waals surface area contributed by atoms with E-state index in [9.17, 15) is 19.2 Å². The number of hydrogen-bond donors (Lipinski definition) is 1. The zero-order chi connectivity index (χ0) is 18.5. The number of likely N-dealkylation sites (tertiary alicyclic amines) is 1. The van der Waals surface area contributed by atoms with Crippen molar-refractivity contribution in [1.82, 2.24) is 9.80 Å². The summed E-state index contributed by atoms with van der Waals surface area (Å²) in [6, 6.07) is -0.684. The van der Waals surface area contributed by atoms with Crippen molar-refractivity contribution in [3.8, 4) is 0 Å². The molecule has 2 N–H and O–H groups in total. The largest absolute Gasteiger partial charge is 0.468 e. The van der Waals surface area contributed by atoms with E-state index in [2.05, 4.69) is 4.74 Å². The first-order valence-electron chi connectivity index (χ1n) is 7.68. The van der Waals surface area contributed by atoms with Crippen LogP contribution in [0.15, 0.2) is 0 Å². The predicted molar refractivity (Wildman–Crippen MR) is 83.8 cm³/mol. The molecule has 1 heterocycles. The van der Waals surface area contributed by atoms with E-state index in [4.69, 9.17) is 10.5 Å². The van der Waals surface area contributed by atoms with Crippen molar-refractivity contribution in [2.45, 2.75) is 45.3 Å². The molecule has 0 aromatic heterocycles. The molecule has 9 nitrogen and oxygen atoms in total. The number of nitrogens with zero attached hydrogens (tertiary/aromatic N) is 2. The number of esters is 1. The summed E-state index contributed by atoms with van der Waals surface area (Å²) in [7, 11) is 1.18. The minimum Gasteiger partial charge on any atom is -0.468 e. The van der Waals surface area contributed by atoms with Crippen molar-refractivity contribution in [3.05, 3.63) is 0 Å². The van der Waals surface area contributed by atoms with Crippen LogP contribution in [0, 0.1) is 0 Å². The maximum absolute atomic E-state index is 12.4. The lowest BCUT2D eigenvalue weighted by Gasteiger charge is -2.29. The van der Waals surface area contributed by atoms with Gasteiger partial charge < -0.3 is 20.1 Å². The lowest BCUT2D eigenvalue weighted by Crippen LogP contribution is -2.50. The van der Waals surface area contributed by atoms with E-state index >= 15 is 0 Å². The first kappa shape index (κ1) is 19.7. The number of rotatable bonds is 5. The minimum absolute atomic E-state index is 0.382. The molecule has 0 radical (unpaired) electrons. The molecule has 0 aliphatic carbocycles. The van der Waals surface area contributed by atoms with E-state index < -0.39 is 48.6 Å². The zero-order valence-corrected chi connectivity index (χ0v) is 14.5. The van der Waals surface area contributed by atoms with E-state index in [0.717, 1.165) is 4.90 Å². The second-order valence-electron chi connectivity index (χ2n) is 6.56. The van der Waals surface area contributed by atoms with Gasteiger partial charge in [-0.15, -0.1) is 0 Å². The monoisotopic (exact) mass is 343 g/mol.